The normalized spacial score (nSPS) is 21.0. The molecule has 0 aromatic carbocycles. The second-order valence-electron chi connectivity index (χ2n) is 6.04. The third-order valence-corrected chi connectivity index (χ3v) is 4.25. The van der Waals surface area contributed by atoms with Gasteiger partial charge in [-0.25, -0.2) is 0 Å². The van der Waals surface area contributed by atoms with Crippen molar-refractivity contribution in [2.45, 2.75) is 51.0 Å². The summed E-state index contributed by atoms with van der Waals surface area (Å²) in [6.07, 6.45) is 4.48. The van der Waals surface area contributed by atoms with Gasteiger partial charge in [-0.05, 0) is 45.7 Å². The molecule has 0 unspecified atom stereocenters. The molecule has 0 atom stereocenters. The zero-order valence-corrected chi connectivity index (χ0v) is 12.2. The smallest absolute Gasteiger partial charge is 0.240 e. The van der Waals surface area contributed by atoms with Gasteiger partial charge in [-0.2, -0.15) is 4.98 Å². The van der Waals surface area contributed by atoms with Crippen LogP contribution < -0.4 is 0 Å². The Hall–Kier alpha value is -1.76. The molecular formula is C14H19N5O2. The summed E-state index contributed by atoms with van der Waals surface area (Å²) in [7, 11) is 0. The summed E-state index contributed by atoms with van der Waals surface area (Å²) >= 11 is 0. The van der Waals surface area contributed by atoms with Crippen LogP contribution in [-0.4, -0.2) is 38.3 Å². The minimum atomic E-state index is 0.394. The van der Waals surface area contributed by atoms with Crippen molar-refractivity contribution in [1.82, 2.24) is 25.2 Å². The van der Waals surface area contributed by atoms with Crippen LogP contribution in [0, 0.1) is 6.92 Å². The molecule has 3 heterocycles. The van der Waals surface area contributed by atoms with Crippen molar-refractivity contribution < 1.29 is 8.94 Å². The summed E-state index contributed by atoms with van der Waals surface area (Å²) in [5.41, 5.74) is 0. The van der Waals surface area contributed by atoms with Crippen molar-refractivity contribution in [3.63, 3.8) is 0 Å². The van der Waals surface area contributed by atoms with E-state index in [1.807, 2.05) is 6.92 Å². The Morgan fingerprint density at radius 2 is 1.71 bits per heavy atom. The van der Waals surface area contributed by atoms with Crippen LogP contribution in [0.2, 0.25) is 0 Å². The van der Waals surface area contributed by atoms with Crippen LogP contribution >= 0.6 is 0 Å². The average Bonchev–Trinajstić information content (AvgIpc) is 3.09. The van der Waals surface area contributed by atoms with E-state index >= 15 is 0 Å². The topological polar surface area (TPSA) is 81.1 Å². The first-order chi connectivity index (χ1) is 10.3. The molecule has 0 N–H and O–H groups in total. The molecule has 1 aliphatic carbocycles. The summed E-state index contributed by atoms with van der Waals surface area (Å²) < 4.78 is 11.0. The lowest BCUT2D eigenvalue weighted by atomic mass is 9.97. The minimum Gasteiger partial charge on any atom is -0.425 e. The lowest BCUT2D eigenvalue weighted by molar-refractivity contribution is 0.171. The van der Waals surface area contributed by atoms with Gasteiger partial charge in [-0.1, -0.05) is 5.16 Å². The molecule has 21 heavy (non-hydrogen) atoms. The highest BCUT2D eigenvalue weighted by Gasteiger charge is 2.31. The van der Waals surface area contributed by atoms with Gasteiger partial charge in [0.05, 0.1) is 6.54 Å². The minimum absolute atomic E-state index is 0.394. The van der Waals surface area contributed by atoms with Crippen LogP contribution in [0.1, 0.15) is 61.0 Å². The van der Waals surface area contributed by atoms with E-state index < -0.39 is 0 Å². The third kappa shape index (κ3) is 2.83. The van der Waals surface area contributed by atoms with Gasteiger partial charge in [0.1, 0.15) is 0 Å². The molecule has 0 radical (unpaired) electrons. The Morgan fingerprint density at radius 3 is 2.29 bits per heavy atom. The number of aryl methyl sites for hydroxylation is 1. The number of piperidine rings is 1. The van der Waals surface area contributed by atoms with Crippen LogP contribution in [0.4, 0.5) is 0 Å². The van der Waals surface area contributed by atoms with Gasteiger partial charge < -0.3 is 8.94 Å². The monoisotopic (exact) mass is 289 g/mol. The summed E-state index contributed by atoms with van der Waals surface area (Å²) in [5, 5.41) is 12.2. The van der Waals surface area contributed by atoms with E-state index in [1.54, 1.807) is 0 Å². The van der Waals surface area contributed by atoms with Gasteiger partial charge >= 0.3 is 0 Å². The zero-order chi connectivity index (χ0) is 14.2. The van der Waals surface area contributed by atoms with Gasteiger partial charge in [0.2, 0.25) is 17.7 Å². The highest BCUT2D eigenvalue weighted by atomic mass is 16.5. The molecule has 1 saturated heterocycles. The number of likely N-dealkylation sites (tertiary alicyclic amines) is 1. The number of hydrogen-bond acceptors (Lipinski definition) is 7. The quantitative estimate of drug-likeness (QED) is 0.851. The summed E-state index contributed by atoms with van der Waals surface area (Å²) in [4.78, 5) is 6.59. The fraction of sp³-hybridized carbons (Fsp3) is 0.714. The van der Waals surface area contributed by atoms with Crippen molar-refractivity contribution in [2.24, 2.45) is 0 Å². The molecule has 7 heteroatoms. The molecule has 0 amide bonds. The van der Waals surface area contributed by atoms with Crippen molar-refractivity contribution in [3.05, 3.63) is 23.5 Å². The van der Waals surface area contributed by atoms with E-state index in [4.69, 9.17) is 8.94 Å². The van der Waals surface area contributed by atoms with Gasteiger partial charge in [-0.15, -0.1) is 10.2 Å². The molecule has 0 bridgehead atoms. The molecule has 0 spiro atoms. The van der Waals surface area contributed by atoms with Crippen LogP contribution in [0.15, 0.2) is 8.94 Å². The Morgan fingerprint density at radius 1 is 1.05 bits per heavy atom. The van der Waals surface area contributed by atoms with Crippen molar-refractivity contribution in [1.29, 1.82) is 0 Å². The Kier molecular flexibility index (Phi) is 3.21. The lowest BCUT2D eigenvalue weighted by Crippen LogP contribution is -2.32. The first kappa shape index (κ1) is 12.9. The van der Waals surface area contributed by atoms with E-state index in [-0.39, 0.29) is 0 Å². The van der Waals surface area contributed by atoms with Crippen LogP contribution in [-0.2, 0) is 6.54 Å². The largest absolute Gasteiger partial charge is 0.425 e. The summed E-state index contributed by atoms with van der Waals surface area (Å²) in [6, 6.07) is 0. The number of rotatable bonds is 4. The molecule has 112 valence electrons. The molecule has 1 aliphatic heterocycles. The van der Waals surface area contributed by atoms with Crippen molar-refractivity contribution >= 4 is 0 Å². The van der Waals surface area contributed by atoms with Crippen LogP contribution in [0.3, 0.4) is 0 Å². The number of nitrogens with zero attached hydrogens (tertiary/aromatic N) is 5. The van der Waals surface area contributed by atoms with Crippen LogP contribution in [0.25, 0.3) is 0 Å². The SMILES string of the molecule is Cc1noc(CN2CCC(c3nnc(C4CC4)o3)CC2)n1. The summed E-state index contributed by atoms with van der Waals surface area (Å²) in [5.74, 6) is 3.98. The molecule has 2 fully saturated rings. The van der Waals surface area contributed by atoms with E-state index in [2.05, 4.69) is 25.2 Å². The molecule has 7 nitrogen and oxygen atoms in total. The maximum absolute atomic E-state index is 5.82. The highest BCUT2D eigenvalue weighted by molar-refractivity contribution is 5.03. The maximum Gasteiger partial charge on any atom is 0.240 e. The molecular weight excluding hydrogens is 270 g/mol. The van der Waals surface area contributed by atoms with E-state index in [9.17, 15) is 0 Å². The van der Waals surface area contributed by atoms with Gasteiger partial charge in [-0.3, -0.25) is 4.90 Å². The van der Waals surface area contributed by atoms with Gasteiger partial charge in [0.25, 0.3) is 0 Å². The second-order valence-corrected chi connectivity index (χ2v) is 6.04. The van der Waals surface area contributed by atoms with Gasteiger partial charge in [0, 0.05) is 11.8 Å². The predicted molar refractivity (Wildman–Crippen MR) is 72.6 cm³/mol. The maximum atomic E-state index is 5.82. The average molecular weight is 289 g/mol. The Balaban J connectivity index is 1.33. The van der Waals surface area contributed by atoms with Gasteiger partial charge in [0.15, 0.2) is 5.82 Å². The highest BCUT2D eigenvalue weighted by Crippen LogP contribution is 2.40. The predicted octanol–water partition coefficient (Wildman–Crippen LogP) is 2.02. The first-order valence-corrected chi connectivity index (χ1v) is 7.63. The molecule has 2 aromatic rings. The van der Waals surface area contributed by atoms with E-state index in [0.29, 0.717) is 23.6 Å². The molecule has 2 aromatic heterocycles. The number of aromatic nitrogens is 4. The standard InChI is InChI=1S/C14H19N5O2/c1-9-15-12(21-18-9)8-19-6-4-11(5-7-19)14-17-16-13(20-14)10-2-3-10/h10-11H,2-8H2,1H3. The second kappa shape index (κ2) is 5.22. The van der Waals surface area contributed by atoms with E-state index in [1.165, 1.54) is 12.8 Å². The Bertz CT molecular complexity index is 610. The lowest BCUT2D eigenvalue weighted by Gasteiger charge is -2.29. The van der Waals surface area contributed by atoms with Crippen molar-refractivity contribution in [3.8, 4) is 0 Å². The zero-order valence-electron chi connectivity index (χ0n) is 12.2. The summed E-state index contributed by atoms with van der Waals surface area (Å²) in [6.45, 7) is 4.55. The van der Waals surface area contributed by atoms with Crippen LogP contribution in [0.5, 0.6) is 0 Å². The van der Waals surface area contributed by atoms with Crippen molar-refractivity contribution in [2.75, 3.05) is 13.1 Å². The number of hydrogen-bond donors (Lipinski definition) is 0. The molecule has 2 aliphatic rings. The fourth-order valence-electron chi connectivity index (χ4n) is 2.84. The molecule has 1 saturated carbocycles. The molecule has 4 rings (SSSR count). The van der Waals surface area contributed by atoms with E-state index in [0.717, 1.165) is 44.3 Å². The third-order valence-electron chi connectivity index (χ3n) is 4.25. The first-order valence-electron chi connectivity index (χ1n) is 7.63. The Labute approximate surface area is 122 Å². The fourth-order valence-corrected chi connectivity index (χ4v) is 2.84.